The van der Waals surface area contributed by atoms with Crippen LogP contribution in [0.2, 0.25) is 0 Å². The second kappa shape index (κ2) is 6.23. The van der Waals surface area contributed by atoms with E-state index in [1.165, 1.54) is 11.8 Å². The molecule has 112 valence electrons. The molecule has 4 N–H and O–H groups in total. The van der Waals surface area contributed by atoms with Crippen molar-refractivity contribution in [2.45, 2.75) is 13.0 Å². The van der Waals surface area contributed by atoms with E-state index in [4.69, 9.17) is 15.6 Å². The van der Waals surface area contributed by atoms with Crippen molar-refractivity contribution in [3.63, 3.8) is 0 Å². The highest BCUT2D eigenvalue weighted by Crippen LogP contribution is 2.29. The predicted molar refractivity (Wildman–Crippen MR) is 75.1 cm³/mol. The number of aliphatic hydroxyl groups is 1. The third-order valence-corrected chi connectivity index (χ3v) is 2.97. The lowest BCUT2D eigenvalue weighted by Crippen LogP contribution is -2.06. The molecule has 0 amide bonds. The molecule has 21 heavy (non-hydrogen) atoms. The minimum absolute atomic E-state index is 0.0214. The van der Waals surface area contributed by atoms with Crippen LogP contribution in [0.4, 0.5) is 5.69 Å². The van der Waals surface area contributed by atoms with Crippen LogP contribution in [0.3, 0.4) is 0 Å². The number of hydrogen-bond donors (Lipinski definition) is 3. The van der Waals surface area contributed by atoms with Crippen molar-refractivity contribution >= 4 is 11.7 Å². The molecule has 2 aromatic rings. The van der Waals surface area contributed by atoms with Gasteiger partial charge in [0.2, 0.25) is 0 Å². The van der Waals surface area contributed by atoms with Gasteiger partial charge in [-0.05, 0) is 24.6 Å². The summed E-state index contributed by atoms with van der Waals surface area (Å²) in [4.78, 5) is 11.3. The summed E-state index contributed by atoms with van der Waals surface area (Å²) in [5, 5.41) is 25.6. The van der Waals surface area contributed by atoms with Crippen LogP contribution in [0.1, 0.15) is 16.9 Å². The molecule has 0 saturated heterocycles. The van der Waals surface area contributed by atoms with E-state index in [2.05, 4.69) is 10.3 Å². The zero-order valence-electron chi connectivity index (χ0n) is 11.5. The maximum Gasteiger partial charge on any atom is 0.358 e. The average Bonchev–Trinajstić information content (AvgIpc) is 2.89. The third-order valence-electron chi connectivity index (χ3n) is 2.97. The summed E-state index contributed by atoms with van der Waals surface area (Å²) >= 11 is 0. The maximum absolute atomic E-state index is 11.3. The molecule has 8 heteroatoms. The number of carboxylic acid groups (broad SMARTS) is 1. The first kappa shape index (κ1) is 14.8. The summed E-state index contributed by atoms with van der Waals surface area (Å²) in [5.41, 5.74) is 7.02. The number of carboxylic acids is 1. The Hall–Kier alpha value is -2.61. The van der Waals surface area contributed by atoms with Gasteiger partial charge in [0.05, 0.1) is 12.8 Å². The van der Waals surface area contributed by atoms with E-state index in [0.717, 1.165) is 0 Å². The number of hydrogen-bond acceptors (Lipinski definition) is 6. The molecule has 0 aliphatic carbocycles. The summed E-state index contributed by atoms with van der Waals surface area (Å²) in [7, 11) is 1.50. The zero-order valence-corrected chi connectivity index (χ0v) is 11.5. The Morgan fingerprint density at radius 3 is 2.81 bits per heavy atom. The summed E-state index contributed by atoms with van der Waals surface area (Å²) in [6.07, 6.45) is 0.445. The Morgan fingerprint density at radius 1 is 1.48 bits per heavy atom. The van der Waals surface area contributed by atoms with E-state index in [0.29, 0.717) is 35.7 Å². The van der Waals surface area contributed by atoms with Gasteiger partial charge in [-0.25, -0.2) is 9.48 Å². The van der Waals surface area contributed by atoms with Gasteiger partial charge in [0, 0.05) is 18.7 Å². The smallest absolute Gasteiger partial charge is 0.358 e. The van der Waals surface area contributed by atoms with Crippen molar-refractivity contribution in [2.75, 3.05) is 19.5 Å². The van der Waals surface area contributed by atoms with Gasteiger partial charge >= 0.3 is 5.97 Å². The number of benzene rings is 1. The van der Waals surface area contributed by atoms with Gasteiger partial charge in [0.15, 0.2) is 5.69 Å². The van der Waals surface area contributed by atoms with Crippen LogP contribution in [0.15, 0.2) is 18.2 Å². The summed E-state index contributed by atoms with van der Waals surface area (Å²) in [6.45, 7) is 0.338. The topological polar surface area (TPSA) is 123 Å². The van der Waals surface area contributed by atoms with E-state index in [1.807, 2.05) is 0 Å². The molecular weight excluding hydrogens is 276 g/mol. The van der Waals surface area contributed by atoms with Crippen molar-refractivity contribution in [1.82, 2.24) is 15.0 Å². The van der Waals surface area contributed by atoms with E-state index >= 15 is 0 Å². The van der Waals surface area contributed by atoms with E-state index < -0.39 is 5.97 Å². The molecule has 0 spiro atoms. The van der Waals surface area contributed by atoms with Crippen molar-refractivity contribution in [1.29, 1.82) is 0 Å². The first-order valence-corrected chi connectivity index (χ1v) is 6.30. The number of nitrogens with two attached hydrogens (primary N) is 1. The van der Waals surface area contributed by atoms with Gasteiger partial charge < -0.3 is 20.7 Å². The Morgan fingerprint density at radius 2 is 2.24 bits per heavy atom. The molecule has 8 nitrogen and oxygen atoms in total. The lowest BCUT2D eigenvalue weighted by Gasteiger charge is -2.09. The molecule has 0 fully saturated rings. The second-order valence-electron chi connectivity index (χ2n) is 4.35. The van der Waals surface area contributed by atoms with Crippen molar-refractivity contribution in [2.24, 2.45) is 0 Å². The zero-order chi connectivity index (χ0) is 15.4. The fourth-order valence-corrected chi connectivity index (χ4v) is 2.00. The van der Waals surface area contributed by atoms with Gasteiger partial charge in [-0.15, -0.1) is 5.10 Å². The summed E-state index contributed by atoms with van der Waals surface area (Å²) in [6, 6.07) is 4.95. The van der Waals surface area contributed by atoms with Gasteiger partial charge in [-0.2, -0.15) is 0 Å². The number of carbonyl (C=O) groups is 1. The van der Waals surface area contributed by atoms with Crippen LogP contribution in [-0.4, -0.2) is 44.9 Å². The highest BCUT2D eigenvalue weighted by atomic mass is 16.5. The molecule has 0 aliphatic heterocycles. The quantitative estimate of drug-likeness (QED) is 0.666. The number of aryl methyl sites for hydroxylation is 1. The number of aromatic carboxylic acids is 1. The van der Waals surface area contributed by atoms with E-state index in [9.17, 15) is 9.90 Å². The lowest BCUT2D eigenvalue weighted by molar-refractivity contribution is 0.0691. The third kappa shape index (κ3) is 2.95. The van der Waals surface area contributed by atoms with Crippen LogP contribution < -0.4 is 10.5 Å². The fraction of sp³-hybridized carbons (Fsp3) is 0.308. The molecular formula is C13H16N4O4. The predicted octanol–water partition coefficient (Wildman–Crippen LogP) is 0.616. The summed E-state index contributed by atoms with van der Waals surface area (Å²) < 4.78 is 6.52. The molecule has 0 saturated carbocycles. The first-order chi connectivity index (χ1) is 10.1. The highest BCUT2D eigenvalue weighted by molar-refractivity contribution is 5.93. The molecule has 1 aromatic carbocycles. The number of anilines is 1. The number of rotatable bonds is 6. The first-order valence-electron chi connectivity index (χ1n) is 6.30. The molecule has 0 radical (unpaired) electrons. The van der Waals surface area contributed by atoms with Crippen molar-refractivity contribution < 1.29 is 19.7 Å². The molecule has 0 bridgehead atoms. The Kier molecular flexibility index (Phi) is 4.39. The van der Waals surface area contributed by atoms with Crippen molar-refractivity contribution in [3.8, 4) is 17.0 Å². The minimum Gasteiger partial charge on any atom is -0.495 e. The molecule has 2 rings (SSSR count). The normalized spacial score (nSPS) is 10.6. The van der Waals surface area contributed by atoms with Gasteiger partial charge in [0.25, 0.3) is 0 Å². The van der Waals surface area contributed by atoms with E-state index in [1.54, 1.807) is 18.2 Å². The largest absolute Gasteiger partial charge is 0.495 e. The second-order valence-corrected chi connectivity index (χ2v) is 4.35. The molecule has 0 aliphatic rings. The highest BCUT2D eigenvalue weighted by Gasteiger charge is 2.21. The van der Waals surface area contributed by atoms with Crippen LogP contribution in [0.25, 0.3) is 11.3 Å². The fourth-order valence-electron chi connectivity index (χ4n) is 2.00. The number of nitrogens with zero attached hydrogens (tertiary/aromatic N) is 3. The number of aromatic nitrogens is 3. The monoisotopic (exact) mass is 292 g/mol. The van der Waals surface area contributed by atoms with Crippen molar-refractivity contribution in [3.05, 3.63) is 23.9 Å². The number of nitrogen functional groups attached to an aromatic ring is 1. The Labute approximate surface area is 120 Å². The van der Waals surface area contributed by atoms with Crippen LogP contribution >= 0.6 is 0 Å². The molecule has 0 atom stereocenters. The number of methoxy groups -OCH3 is 1. The van der Waals surface area contributed by atoms with Gasteiger partial charge in [-0.1, -0.05) is 5.21 Å². The van der Waals surface area contributed by atoms with Gasteiger partial charge in [-0.3, -0.25) is 0 Å². The Balaban J connectivity index is 2.51. The number of aliphatic hydroxyl groups excluding tert-OH is 1. The maximum atomic E-state index is 11.3. The summed E-state index contributed by atoms with van der Waals surface area (Å²) in [5.74, 6) is -0.667. The molecule has 1 heterocycles. The SMILES string of the molecule is COc1ccc(-c2c(C(=O)O)nnn2CCCO)cc1N. The molecule has 0 unspecified atom stereocenters. The van der Waals surface area contributed by atoms with E-state index in [-0.39, 0.29) is 12.3 Å². The molecule has 1 aromatic heterocycles. The standard InChI is InChI=1S/C13H16N4O4/c1-21-10-4-3-8(7-9(10)14)12-11(13(19)20)15-16-17(12)5-2-6-18/h3-4,7,18H,2,5-6,14H2,1H3,(H,19,20). The van der Waals surface area contributed by atoms with Crippen LogP contribution in [-0.2, 0) is 6.54 Å². The van der Waals surface area contributed by atoms with Gasteiger partial charge in [0.1, 0.15) is 11.4 Å². The van der Waals surface area contributed by atoms with Crippen LogP contribution in [0, 0.1) is 0 Å². The Bertz CT molecular complexity index is 654. The lowest BCUT2D eigenvalue weighted by atomic mass is 10.1. The minimum atomic E-state index is -1.17. The van der Waals surface area contributed by atoms with Crippen LogP contribution in [0.5, 0.6) is 5.75 Å². The number of ether oxygens (including phenoxy) is 1. The average molecular weight is 292 g/mol.